The van der Waals surface area contributed by atoms with Gasteiger partial charge in [0.1, 0.15) is 11.3 Å². The van der Waals surface area contributed by atoms with Gasteiger partial charge < -0.3 is 24.6 Å². The summed E-state index contributed by atoms with van der Waals surface area (Å²) < 4.78 is 68.8. The number of anilines is 1. The number of nitrogens with one attached hydrogen (secondary N) is 4. The Hall–Kier alpha value is -6.29. The molecule has 52 heavy (non-hydrogen) atoms. The number of urea groups is 1. The molecule has 4 aromatic rings. The first-order valence-electron chi connectivity index (χ1n) is 14.8. The number of amides is 4. The summed E-state index contributed by atoms with van der Waals surface area (Å²) in [4.78, 5) is 54.8. The molecule has 0 aliphatic heterocycles. The molecule has 22 heteroatoms. The van der Waals surface area contributed by atoms with E-state index in [4.69, 9.17) is 19.3 Å². The van der Waals surface area contributed by atoms with Crippen LogP contribution in [-0.2, 0) is 27.1 Å². The largest absolute Gasteiger partial charge is 0.496 e. The second kappa shape index (κ2) is 16.2. The van der Waals surface area contributed by atoms with Crippen LogP contribution in [0.15, 0.2) is 70.7 Å². The number of hydrogen-bond acceptors (Lipinski definition) is 14. The van der Waals surface area contributed by atoms with Crippen LogP contribution in [-0.4, -0.2) is 92.9 Å². The maximum atomic E-state index is 12.4. The molecule has 5 rings (SSSR count). The molecule has 5 N–H and O–H groups in total. The molecular formula is C30H32N8O12S2. The van der Waals surface area contributed by atoms with Crippen LogP contribution in [0.1, 0.15) is 43.9 Å². The molecule has 2 heterocycles. The van der Waals surface area contributed by atoms with E-state index in [1.54, 1.807) is 22.9 Å². The van der Waals surface area contributed by atoms with Gasteiger partial charge in [0, 0.05) is 18.7 Å². The molecule has 2 aromatic carbocycles. The maximum Gasteiger partial charge on any atom is 0.340 e. The standard InChI is InChI=1S/C18H18N2O5S.C12H14N6O7S/c1-25-16-5-3-2-4-15(16)18(22)20-26(23,24)14-10-6-12(7-11-14)17(21)19-13-8-9-13;1-18-9(6(5-13-18)10(19)20)26(22,23)17-12(21)16-11-14-7(24-2)4-8(15-11)25-3/h2-7,10-11,13H,8-9H2,1H3,(H,19,21)(H,20,22);4-5H,1-3H3,(H,19,20)(H2,14,15,16,17,21). The highest BCUT2D eigenvalue weighted by atomic mass is 32.2. The Morgan fingerprint density at radius 1 is 0.808 bits per heavy atom. The first-order valence-corrected chi connectivity index (χ1v) is 17.7. The number of aryl methyl sites for hydroxylation is 1. The lowest BCUT2D eigenvalue weighted by Gasteiger charge is -2.10. The lowest BCUT2D eigenvalue weighted by atomic mass is 10.2. The Bertz CT molecular complexity index is 2180. The number of carbonyl (C=O) groups excluding carboxylic acids is 3. The van der Waals surface area contributed by atoms with E-state index in [0.29, 0.717) is 5.56 Å². The summed E-state index contributed by atoms with van der Waals surface area (Å²) in [7, 11) is -3.34. The van der Waals surface area contributed by atoms with E-state index < -0.39 is 48.5 Å². The number of carboxylic acid groups (broad SMARTS) is 1. The predicted octanol–water partition coefficient (Wildman–Crippen LogP) is 1.14. The summed E-state index contributed by atoms with van der Waals surface area (Å²) in [6, 6.07) is 12.1. The number of aromatic nitrogens is 4. The van der Waals surface area contributed by atoms with Gasteiger partial charge in [0.2, 0.25) is 17.7 Å². The van der Waals surface area contributed by atoms with Gasteiger partial charge in [0.05, 0.1) is 44.1 Å². The fourth-order valence-corrected chi connectivity index (χ4v) is 6.39. The molecule has 0 unspecified atom stereocenters. The van der Waals surface area contributed by atoms with Gasteiger partial charge in [-0.1, -0.05) is 12.1 Å². The Labute approximate surface area is 296 Å². The quantitative estimate of drug-likeness (QED) is 0.135. The van der Waals surface area contributed by atoms with Crippen LogP contribution in [0.25, 0.3) is 0 Å². The molecule has 1 aliphatic carbocycles. The van der Waals surface area contributed by atoms with E-state index in [1.807, 2.05) is 4.72 Å². The second-order valence-electron chi connectivity index (χ2n) is 10.5. The van der Waals surface area contributed by atoms with Gasteiger partial charge in [0.25, 0.3) is 31.9 Å². The molecule has 0 saturated heterocycles. The summed E-state index contributed by atoms with van der Waals surface area (Å²) >= 11 is 0. The van der Waals surface area contributed by atoms with Crippen molar-refractivity contribution in [2.24, 2.45) is 7.05 Å². The van der Waals surface area contributed by atoms with Crippen LogP contribution in [0.5, 0.6) is 17.5 Å². The average Bonchev–Trinajstić information content (AvgIpc) is 3.83. The highest BCUT2D eigenvalue weighted by Crippen LogP contribution is 2.21. The fourth-order valence-electron chi connectivity index (χ4n) is 4.21. The summed E-state index contributed by atoms with van der Waals surface area (Å²) in [5, 5.41) is 16.8. The van der Waals surface area contributed by atoms with E-state index >= 15 is 0 Å². The molecule has 2 aromatic heterocycles. The Morgan fingerprint density at radius 2 is 1.42 bits per heavy atom. The minimum absolute atomic E-state index is 0.0646. The number of carboxylic acids is 1. The van der Waals surface area contributed by atoms with Crippen molar-refractivity contribution in [1.82, 2.24) is 34.5 Å². The van der Waals surface area contributed by atoms with E-state index in [2.05, 4.69) is 25.7 Å². The minimum atomic E-state index is -4.53. The third-order valence-corrected chi connectivity index (χ3v) is 9.63. The first-order chi connectivity index (χ1) is 24.6. The van der Waals surface area contributed by atoms with Gasteiger partial charge in [-0.05, 0) is 49.2 Å². The van der Waals surface area contributed by atoms with Gasteiger partial charge in [-0.3, -0.25) is 19.6 Å². The second-order valence-corrected chi connectivity index (χ2v) is 13.8. The monoisotopic (exact) mass is 760 g/mol. The molecule has 0 bridgehead atoms. The van der Waals surface area contributed by atoms with Crippen LogP contribution in [0.4, 0.5) is 10.7 Å². The van der Waals surface area contributed by atoms with Crippen LogP contribution in [0.3, 0.4) is 0 Å². The lowest BCUT2D eigenvalue weighted by molar-refractivity contribution is 0.0691. The zero-order valence-electron chi connectivity index (χ0n) is 27.8. The molecule has 1 fully saturated rings. The van der Waals surface area contributed by atoms with Gasteiger partial charge in [0.15, 0.2) is 5.03 Å². The van der Waals surface area contributed by atoms with Crippen molar-refractivity contribution in [1.29, 1.82) is 0 Å². The van der Waals surface area contributed by atoms with Crippen molar-refractivity contribution in [2.75, 3.05) is 26.6 Å². The van der Waals surface area contributed by atoms with Crippen molar-refractivity contribution in [3.8, 4) is 17.5 Å². The molecule has 20 nitrogen and oxygen atoms in total. The van der Waals surface area contributed by atoms with E-state index in [1.165, 1.54) is 64.8 Å². The summed E-state index contributed by atoms with van der Waals surface area (Å²) in [6.45, 7) is 0. The van der Waals surface area contributed by atoms with Crippen LogP contribution >= 0.6 is 0 Å². The number of rotatable bonds is 12. The normalized spacial score (nSPS) is 12.3. The van der Waals surface area contributed by atoms with Crippen molar-refractivity contribution in [2.45, 2.75) is 28.8 Å². The first kappa shape index (κ1) is 38.5. The number of hydrogen-bond donors (Lipinski definition) is 5. The third-order valence-electron chi connectivity index (χ3n) is 6.84. The molecule has 0 spiro atoms. The molecule has 1 saturated carbocycles. The molecule has 1 aliphatic rings. The number of carbonyl (C=O) groups is 4. The molecule has 0 atom stereocenters. The zero-order chi connectivity index (χ0) is 38.2. The SMILES string of the molecule is COc1cc(OC)nc(NC(=O)NS(=O)(=O)c2c(C(=O)O)cnn2C)n1.COc1ccccc1C(=O)NS(=O)(=O)c1ccc(C(=O)NC2CC2)cc1. The highest BCUT2D eigenvalue weighted by molar-refractivity contribution is 7.90. The molecule has 4 amide bonds. The number of sulfonamides is 2. The van der Waals surface area contributed by atoms with Gasteiger partial charge in [-0.15, -0.1) is 0 Å². The van der Waals surface area contributed by atoms with E-state index in [0.717, 1.165) is 23.7 Å². The topological polar surface area (TPSA) is 276 Å². The Balaban J connectivity index is 0.000000233. The van der Waals surface area contributed by atoms with Gasteiger partial charge in [-0.2, -0.15) is 23.5 Å². The number of ether oxygens (including phenoxy) is 3. The number of methoxy groups -OCH3 is 3. The highest BCUT2D eigenvalue weighted by Gasteiger charge is 2.29. The van der Waals surface area contributed by atoms with Gasteiger partial charge >= 0.3 is 12.0 Å². The van der Waals surface area contributed by atoms with Crippen molar-refractivity contribution >= 4 is 49.8 Å². The van der Waals surface area contributed by atoms with Crippen LogP contribution < -0.4 is 34.3 Å². The summed E-state index contributed by atoms with van der Waals surface area (Å²) in [6.07, 6.45) is 2.78. The number of benzene rings is 2. The smallest absolute Gasteiger partial charge is 0.340 e. The summed E-state index contributed by atoms with van der Waals surface area (Å²) in [5.41, 5.74) is -0.113. The predicted molar refractivity (Wildman–Crippen MR) is 179 cm³/mol. The maximum absolute atomic E-state index is 12.4. The molecular weight excluding hydrogens is 729 g/mol. The van der Waals surface area contributed by atoms with Crippen molar-refractivity contribution in [3.63, 3.8) is 0 Å². The van der Waals surface area contributed by atoms with Crippen molar-refractivity contribution < 1.29 is 55.3 Å². The third kappa shape index (κ3) is 9.69. The van der Waals surface area contributed by atoms with Crippen LogP contribution in [0.2, 0.25) is 0 Å². The van der Waals surface area contributed by atoms with Gasteiger partial charge in [-0.25, -0.2) is 27.5 Å². The Morgan fingerprint density at radius 3 is 1.98 bits per heavy atom. The molecule has 0 radical (unpaired) electrons. The number of nitrogens with zero attached hydrogens (tertiary/aromatic N) is 4. The zero-order valence-corrected chi connectivity index (χ0v) is 29.4. The van der Waals surface area contributed by atoms with Crippen LogP contribution in [0, 0.1) is 0 Å². The number of para-hydroxylation sites is 1. The lowest BCUT2D eigenvalue weighted by Crippen LogP contribution is -2.36. The minimum Gasteiger partial charge on any atom is -0.496 e. The fraction of sp³-hybridized carbons (Fsp3) is 0.233. The Kier molecular flexibility index (Phi) is 12.0. The van der Waals surface area contributed by atoms with Crippen molar-refractivity contribution in [3.05, 3.63) is 77.5 Å². The molecule has 276 valence electrons. The van der Waals surface area contributed by atoms with E-state index in [-0.39, 0.29) is 45.9 Å². The number of aromatic carboxylic acids is 1. The summed E-state index contributed by atoms with van der Waals surface area (Å²) in [5.74, 6) is -2.44. The van der Waals surface area contributed by atoms with E-state index in [9.17, 15) is 36.0 Å². The average molecular weight is 761 g/mol.